The first kappa shape index (κ1) is 23.9. The van der Waals surface area contributed by atoms with E-state index in [1.54, 1.807) is 16.9 Å². The number of aromatic nitrogens is 3. The van der Waals surface area contributed by atoms with Crippen molar-refractivity contribution in [1.29, 1.82) is 0 Å². The summed E-state index contributed by atoms with van der Waals surface area (Å²) >= 11 is 0. The van der Waals surface area contributed by atoms with E-state index in [1.165, 1.54) is 0 Å². The number of urea groups is 1. The summed E-state index contributed by atoms with van der Waals surface area (Å²) in [5.74, 6) is 0.707. The number of benzene rings is 2. The van der Waals surface area contributed by atoms with Crippen molar-refractivity contribution < 1.29 is 14.7 Å². The summed E-state index contributed by atoms with van der Waals surface area (Å²) in [4.78, 5) is 27.6. The van der Waals surface area contributed by atoms with Gasteiger partial charge in [0.05, 0.1) is 5.69 Å². The Morgan fingerprint density at radius 1 is 0.865 bits per heavy atom. The minimum Gasteiger partial charge on any atom is -0.465 e. The second-order valence-electron chi connectivity index (χ2n) is 8.93. The molecule has 0 spiro atoms. The van der Waals surface area contributed by atoms with Crippen LogP contribution in [0, 0.1) is 0 Å². The van der Waals surface area contributed by atoms with Gasteiger partial charge in [0, 0.05) is 47.6 Å². The van der Waals surface area contributed by atoms with E-state index >= 15 is 0 Å². The molecule has 1 saturated carbocycles. The van der Waals surface area contributed by atoms with Crippen LogP contribution in [0.15, 0.2) is 73.1 Å². The topological polar surface area (TPSA) is 145 Å². The first-order valence-electron chi connectivity index (χ1n) is 12.1. The van der Waals surface area contributed by atoms with Gasteiger partial charge >= 0.3 is 12.1 Å². The average Bonchev–Trinajstić information content (AvgIpc) is 3.36. The molecule has 2 aromatic carbocycles. The van der Waals surface area contributed by atoms with E-state index in [9.17, 15) is 9.59 Å². The first-order valence-corrected chi connectivity index (χ1v) is 12.1. The lowest BCUT2D eigenvalue weighted by atomic mass is 9.91. The van der Waals surface area contributed by atoms with Crippen LogP contribution in [0.2, 0.25) is 0 Å². The number of rotatable bonds is 7. The largest absolute Gasteiger partial charge is 0.465 e. The maximum Gasteiger partial charge on any atom is 0.404 e. The lowest BCUT2D eigenvalue weighted by Gasteiger charge is -2.29. The third-order valence-electron chi connectivity index (χ3n) is 6.22. The van der Waals surface area contributed by atoms with Crippen LogP contribution in [0.1, 0.15) is 25.7 Å². The molecule has 2 heterocycles. The summed E-state index contributed by atoms with van der Waals surface area (Å²) < 4.78 is 1.71. The number of amides is 3. The Bertz CT molecular complexity index is 1370. The molecule has 4 aromatic rings. The van der Waals surface area contributed by atoms with Crippen molar-refractivity contribution in [3.63, 3.8) is 0 Å². The molecule has 0 atom stereocenters. The molecule has 0 radical (unpaired) electrons. The number of hydrogen-bond acceptors (Lipinski definition) is 6. The summed E-state index contributed by atoms with van der Waals surface area (Å²) in [6, 6.07) is 18.5. The van der Waals surface area contributed by atoms with Crippen molar-refractivity contribution in [1.82, 2.24) is 19.9 Å². The van der Waals surface area contributed by atoms with Gasteiger partial charge in [0.1, 0.15) is 5.82 Å². The zero-order chi connectivity index (χ0) is 25.6. The average molecular weight is 501 g/mol. The van der Waals surface area contributed by atoms with Crippen molar-refractivity contribution in [3.05, 3.63) is 73.1 Å². The molecule has 11 nitrogen and oxygen atoms in total. The predicted molar refractivity (Wildman–Crippen MR) is 143 cm³/mol. The third-order valence-corrected chi connectivity index (χ3v) is 6.22. The second kappa shape index (κ2) is 10.9. The molecule has 0 bridgehead atoms. The molecule has 5 rings (SSSR count). The SMILES string of the molecule is O=C(O)NC1CCC(Nc2cc(Nc3ccc(NC(=O)Nc4ccccc4)cc3)c3nccn3n2)CC1. The van der Waals surface area contributed by atoms with E-state index in [2.05, 4.69) is 36.7 Å². The van der Waals surface area contributed by atoms with E-state index in [0.29, 0.717) is 22.8 Å². The molecular weight excluding hydrogens is 472 g/mol. The Kier molecular flexibility index (Phi) is 7.02. The zero-order valence-electron chi connectivity index (χ0n) is 20.0. The summed E-state index contributed by atoms with van der Waals surface area (Å²) in [6.07, 6.45) is 5.78. The van der Waals surface area contributed by atoms with Gasteiger partial charge in [0.25, 0.3) is 0 Å². The molecule has 1 aliphatic carbocycles. The number of carboxylic acid groups (broad SMARTS) is 1. The van der Waals surface area contributed by atoms with Crippen LogP contribution < -0.4 is 26.6 Å². The van der Waals surface area contributed by atoms with Gasteiger partial charge in [0.2, 0.25) is 0 Å². The Hall–Kier alpha value is -4.80. The number of nitrogens with one attached hydrogen (secondary N) is 5. The lowest BCUT2D eigenvalue weighted by Crippen LogP contribution is -2.39. The summed E-state index contributed by atoms with van der Waals surface area (Å²) in [6.45, 7) is 0. The molecule has 2 aromatic heterocycles. The Labute approximate surface area is 213 Å². The van der Waals surface area contributed by atoms with E-state index in [-0.39, 0.29) is 18.1 Å². The monoisotopic (exact) mass is 500 g/mol. The van der Waals surface area contributed by atoms with E-state index in [4.69, 9.17) is 5.11 Å². The molecule has 3 amide bonds. The quantitative estimate of drug-likeness (QED) is 0.207. The number of imidazole rings is 1. The van der Waals surface area contributed by atoms with Crippen molar-refractivity contribution in [3.8, 4) is 0 Å². The summed E-state index contributed by atoms with van der Waals surface area (Å²) in [5.41, 5.74) is 3.68. The smallest absolute Gasteiger partial charge is 0.404 e. The number of hydrogen-bond donors (Lipinski definition) is 6. The van der Waals surface area contributed by atoms with Crippen molar-refractivity contribution >= 4 is 46.3 Å². The molecule has 1 fully saturated rings. The van der Waals surface area contributed by atoms with Gasteiger partial charge in [-0.3, -0.25) is 0 Å². The van der Waals surface area contributed by atoms with Crippen LogP contribution in [0.4, 0.5) is 38.2 Å². The van der Waals surface area contributed by atoms with Crippen LogP contribution >= 0.6 is 0 Å². The molecular formula is C26H28N8O3. The molecule has 190 valence electrons. The fourth-order valence-electron chi connectivity index (χ4n) is 4.45. The molecule has 6 N–H and O–H groups in total. The molecule has 0 saturated heterocycles. The maximum absolute atomic E-state index is 12.2. The van der Waals surface area contributed by atoms with E-state index < -0.39 is 6.09 Å². The molecule has 11 heteroatoms. The third kappa shape index (κ3) is 6.26. The maximum atomic E-state index is 12.2. The Balaban J connectivity index is 1.22. The highest BCUT2D eigenvalue weighted by Gasteiger charge is 2.23. The fraction of sp³-hybridized carbons (Fsp3) is 0.231. The van der Waals surface area contributed by atoms with Gasteiger partial charge in [0.15, 0.2) is 5.65 Å². The fourth-order valence-corrected chi connectivity index (χ4v) is 4.45. The van der Waals surface area contributed by atoms with Gasteiger partial charge in [-0.05, 0) is 62.1 Å². The van der Waals surface area contributed by atoms with Crippen molar-refractivity contribution in [2.24, 2.45) is 0 Å². The van der Waals surface area contributed by atoms with Gasteiger partial charge in [-0.2, -0.15) is 0 Å². The number of anilines is 5. The number of para-hydroxylation sites is 1. The minimum atomic E-state index is -0.974. The van der Waals surface area contributed by atoms with Gasteiger partial charge < -0.3 is 31.7 Å². The highest BCUT2D eigenvalue weighted by molar-refractivity contribution is 5.99. The van der Waals surface area contributed by atoms with E-state index in [0.717, 1.165) is 37.1 Å². The Morgan fingerprint density at radius 3 is 2.22 bits per heavy atom. The predicted octanol–water partition coefficient (Wildman–Crippen LogP) is 5.11. The number of nitrogens with zero attached hydrogens (tertiary/aromatic N) is 3. The van der Waals surface area contributed by atoms with Crippen molar-refractivity contribution in [2.75, 3.05) is 21.3 Å². The van der Waals surface area contributed by atoms with Crippen LogP contribution in [-0.4, -0.2) is 43.9 Å². The van der Waals surface area contributed by atoms with Crippen LogP contribution in [0.5, 0.6) is 0 Å². The minimum absolute atomic E-state index is 0.00117. The highest BCUT2D eigenvalue weighted by atomic mass is 16.4. The van der Waals surface area contributed by atoms with Gasteiger partial charge in [-0.1, -0.05) is 18.2 Å². The zero-order valence-corrected chi connectivity index (χ0v) is 20.0. The summed E-state index contributed by atoms with van der Waals surface area (Å²) in [5, 5.41) is 28.6. The Morgan fingerprint density at radius 2 is 1.51 bits per heavy atom. The highest BCUT2D eigenvalue weighted by Crippen LogP contribution is 2.27. The van der Waals surface area contributed by atoms with Gasteiger partial charge in [-0.15, -0.1) is 5.10 Å². The van der Waals surface area contributed by atoms with Crippen LogP contribution in [0.3, 0.4) is 0 Å². The normalized spacial score (nSPS) is 17.1. The molecule has 0 aliphatic heterocycles. The molecule has 1 aliphatic rings. The second-order valence-corrected chi connectivity index (χ2v) is 8.93. The standard InChI is InChI=1S/C26H28N8O3/c35-25(30-17-4-2-1-3-5-17)31-20-10-6-18(7-11-20)28-22-16-23(33-34-15-14-27-24(22)34)29-19-8-12-21(13-9-19)32-26(36)37/h1-7,10-11,14-16,19,21,28,32H,8-9,12-13H2,(H,29,33)(H,36,37)(H2,30,31,35). The lowest BCUT2D eigenvalue weighted by molar-refractivity contribution is 0.185. The van der Waals surface area contributed by atoms with Crippen molar-refractivity contribution in [2.45, 2.75) is 37.8 Å². The number of carbonyl (C=O) groups is 2. The summed E-state index contributed by atoms with van der Waals surface area (Å²) in [7, 11) is 0. The number of fused-ring (bicyclic) bond motifs is 1. The van der Waals surface area contributed by atoms with Gasteiger partial charge in [-0.25, -0.2) is 19.1 Å². The number of carbonyl (C=O) groups excluding carboxylic acids is 1. The molecule has 37 heavy (non-hydrogen) atoms. The first-order chi connectivity index (χ1) is 18.0. The van der Waals surface area contributed by atoms with E-state index in [1.807, 2.05) is 60.7 Å². The van der Waals surface area contributed by atoms with Crippen LogP contribution in [0.25, 0.3) is 5.65 Å². The molecule has 0 unspecified atom stereocenters. The van der Waals surface area contributed by atoms with Crippen LogP contribution in [-0.2, 0) is 0 Å².